The smallest absolute Gasteiger partial charge is 0.276 e. The Hall–Kier alpha value is -3.71. The summed E-state index contributed by atoms with van der Waals surface area (Å²) >= 11 is 0. The number of nitrogens with zero attached hydrogens (tertiary/aromatic N) is 5. The number of amides is 1. The van der Waals surface area contributed by atoms with Crippen molar-refractivity contribution in [3.8, 4) is 0 Å². The van der Waals surface area contributed by atoms with Crippen LogP contribution in [0, 0.1) is 13.8 Å². The van der Waals surface area contributed by atoms with Crippen LogP contribution in [-0.4, -0.2) is 58.3 Å². The highest BCUT2D eigenvalue weighted by Crippen LogP contribution is 2.27. The third-order valence-electron chi connectivity index (χ3n) is 6.81. The molecular weight excluding hydrogens is 436 g/mol. The summed E-state index contributed by atoms with van der Waals surface area (Å²) in [5, 5.41) is 8.47. The Kier molecular flexibility index (Phi) is 6.51. The molecular formula is C28H32N6O. The molecule has 1 fully saturated rings. The Balaban J connectivity index is 1.16. The van der Waals surface area contributed by atoms with E-state index in [9.17, 15) is 4.79 Å². The van der Waals surface area contributed by atoms with Gasteiger partial charge in [0, 0.05) is 67.9 Å². The largest absolute Gasteiger partial charge is 0.368 e. The topological polar surface area (TPSA) is 66.3 Å². The Morgan fingerprint density at radius 1 is 0.971 bits per heavy atom. The molecule has 0 bridgehead atoms. The van der Waals surface area contributed by atoms with E-state index >= 15 is 0 Å². The van der Waals surface area contributed by atoms with E-state index in [0.717, 1.165) is 61.7 Å². The molecule has 4 aromatic rings. The number of hydrogen-bond acceptors (Lipinski definition) is 5. The summed E-state index contributed by atoms with van der Waals surface area (Å²) < 4.78 is 1.71. The predicted octanol–water partition coefficient (Wildman–Crippen LogP) is 4.20. The molecule has 5 rings (SSSR count). The SMILES string of the molecule is Cc1ccc2c(N3CCN(CCc4cccc(NC(=O)c5cc(C)n(C)n5)c4)CC3)cccc2n1. The Bertz CT molecular complexity index is 1330. The molecule has 1 aliphatic heterocycles. The molecule has 0 unspecified atom stereocenters. The van der Waals surface area contributed by atoms with Gasteiger partial charge in [-0.05, 0) is 68.3 Å². The van der Waals surface area contributed by atoms with Gasteiger partial charge in [-0.1, -0.05) is 18.2 Å². The number of hydrogen-bond donors (Lipinski definition) is 1. The summed E-state index contributed by atoms with van der Waals surface area (Å²) in [6.45, 7) is 9.05. The first-order valence-electron chi connectivity index (χ1n) is 12.2. The first-order valence-corrected chi connectivity index (χ1v) is 12.2. The number of carbonyl (C=O) groups excluding carboxylic acids is 1. The molecule has 1 amide bonds. The third-order valence-corrected chi connectivity index (χ3v) is 6.81. The fourth-order valence-electron chi connectivity index (χ4n) is 4.69. The minimum Gasteiger partial charge on any atom is -0.368 e. The van der Waals surface area contributed by atoms with Crippen molar-refractivity contribution >= 4 is 28.2 Å². The average molecular weight is 469 g/mol. The number of aryl methyl sites for hydroxylation is 3. The normalized spacial score (nSPS) is 14.4. The van der Waals surface area contributed by atoms with Gasteiger partial charge in [0.15, 0.2) is 5.69 Å². The van der Waals surface area contributed by atoms with Gasteiger partial charge in [-0.2, -0.15) is 5.10 Å². The van der Waals surface area contributed by atoms with Crippen molar-refractivity contribution in [1.82, 2.24) is 19.7 Å². The lowest BCUT2D eigenvalue weighted by atomic mass is 10.1. The first-order chi connectivity index (χ1) is 17.0. The zero-order valence-corrected chi connectivity index (χ0v) is 20.7. The summed E-state index contributed by atoms with van der Waals surface area (Å²) in [7, 11) is 1.84. The molecule has 0 aliphatic carbocycles. The Labute approximate surface area is 206 Å². The van der Waals surface area contributed by atoms with Gasteiger partial charge in [-0.25, -0.2) is 0 Å². The van der Waals surface area contributed by atoms with Gasteiger partial charge in [0.1, 0.15) is 0 Å². The Morgan fingerprint density at radius 2 is 1.77 bits per heavy atom. The van der Waals surface area contributed by atoms with E-state index in [-0.39, 0.29) is 5.91 Å². The number of aromatic nitrogens is 3. The van der Waals surface area contributed by atoms with E-state index in [1.807, 2.05) is 33.0 Å². The summed E-state index contributed by atoms with van der Waals surface area (Å²) in [4.78, 5) is 22.2. The van der Waals surface area contributed by atoms with Gasteiger partial charge < -0.3 is 10.2 Å². The van der Waals surface area contributed by atoms with Crippen molar-refractivity contribution in [2.24, 2.45) is 7.05 Å². The van der Waals surface area contributed by atoms with Crippen LogP contribution in [0.3, 0.4) is 0 Å². The summed E-state index contributed by atoms with van der Waals surface area (Å²) in [5.74, 6) is -0.180. The van der Waals surface area contributed by atoms with Crippen LogP contribution in [0.25, 0.3) is 10.9 Å². The van der Waals surface area contributed by atoms with Crippen molar-refractivity contribution in [3.05, 3.63) is 83.3 Å². The summed E-state index contributed by atoms with van der Waals surface area (Å²) in [6.07, 6.45) is 0.948. The highest BCUT2D eigenvalue weighted by atomic mass is 16.1. The molecule has 0 saturated carbocycles. The molecule has 1 saturated heterocycles. The van der Waals surface area contributed by atoms with E-state index in [1.165, 1.54) is 16.6 Å². The number of fused-ring (bicyclic) bond motifs is 1. The summed E-state index contributed by atoms with van der Waals surface area (Å²) in [5.41, 5.74) is 6.81. The maximum atomic E-state index is 12.5. The summed E-state index contributed by atoms with van der Waals surface area (Å²) in [6, 6.07) is 20.6. The minimum atomic E-state index is -0.180. The first kappa shape index (κ1) is 23.1. The second-order valence-electron chi connectivity index (χ2n) is 9.32. The van der Waals surface area contributed by atoms with Crippen molar-refractivity contribution in [2.75, 3.05) is 42.9 Å². The van der Waals surface area contributed by atoms with Crippen LogP contribution in [-0.2, 0) is 13.5 Å². The van der Waals surface area contributed by atoms with Gasteiger partial charge >= 0.3 is 0 Å². The lowest BCUT2D eigenvalue weighted by Crippen LogP contribution is -2.47. The standard InChI is InChI=1S/C28H32N6O/c1-20-10-11-24-25(29-20)8-5-9-27(24)34-16-14-33(15-17-34)13-12-22-6-4-7-23(19-22)30-28(35)26-18-21(2)32(3)31-26/h4-11,18-19H,12-17H2,1-3H3,(H,30,35). The van der Waals surface area contributed by atoms with Crippen molar-refractivity contribution in [3.63, 3.8) is 0 Å². The lowest BCUT2D eigenvalue weighted by molar-refractivity contribution is 0.102. The fourth-order valence-corrected chi connectivity index (χ4v) is 4.69. The van der Waals surface area contributed by atoms with E-state index in [0.29, 0.717) is 5.69 Å². The van der Waals surface area contributed by atoms with Crippen LogP contribution in [0.15, 0.2) is 60.7 Å². The van der Waals surface area contributed by atoms with E-state index in [1.54, 1.807) is 10.7 Å². The van der Waals surface area contributed by atoms with Crippen LogP contribution >= 0.6 is 0 Å². The third kappa shape index (κ3) is 5.20. The van der Waals surface area contributed by atoms with Crippen molar-refractivity contribution in [1.29, 1.82) is 0 Å². The predicted molar refractivity (Wildman–Crippen MR) is 141 cm³/mol. The molecule has 7 nitrogen and oxygen atoms in total. The molecule has 0 spiro atoms. The molecule has 2 aromatic heterocycles. The van der Waals surface area contributed by atoms with Crippen LogP contribution in [0.5, 0.6) is 0 Å². The highest BCUT2D eigenvalue weighted by molar-refractivity contribution is 6.03. The van der Waals surface area contributed by atoms with E-state index in [4.69, 9.17) is 0 Å². The number of carbonyl (C=O) groups is 1. The van der Waals surface area contributed by atoms with Gasteiger partial charge in [0.2, 0.25) is 0 Å². The second kappa shape index (κ2) is 9.88. The highest BCUT2D eigenvalue weighted by Gasteiger charge is 2.19. The molecule has 0 radical (unpaired) electrons. The molecule has 7 heteroatoms. The molecule has 1 N–H and O–H groups in total. The van der Waals surface area contributed by atoms with Gasteiger partial charge in [-0.15, -0.1) is 0 Å². The molecule has 0 atom stereocenters. The zero-order valence-electron chi connectivity index (χ0n) is 20.7. The molecule has 35 heavy (non-hydrogen) atoms. The molecule has 1 aliphatic rings. The molecule has 3 heterocycles. The Morgan fingerprint density at radius 3 is 2.54 bits per heavy atom. The van der Waals surface area contributed by atoms with Crippen molar-refractivity contribution in [2.45, 2.75) is 20.3 Å². The van der Waals surface area contributed by atoms with Gasteiger partial charge in [0.05, 0.1) is 5.52 Å². The number of nitrogens with one attached hydrogen (secondary N) is 1. The van der Waals surface area contributed by atoms with Crippen LogP contribution in [0.2, 0.25) is 0 Å². The number of pyridine rings is 1. The second-order valence-corrected chi connectivity index (χ2v) is 9.32. The van der Waals surface area contributed by atoms with Crippen LogP contribution < -0.4 is 10.2 Å². The number of rotatable bonds is 6. The average Bonchev–Trinajstić information content (AvgIpc) is 3.21. The zero-order chi connectivity index (χ0) is 24.4. The van der Waals surface area contributed by atoms with E-state index < -0.39 is 0 Å². The fraction of sp³-hybridized carbons (Fsp3) is 0.321. The van der Waals surface area contributed by atoms with Crippen molar-refractivity contribution < 1.29 is 4.79 Å². The molecule has 2 aromatic carbocycles. The monoisotopic (exact) mass is 468 g/mol. The maximum absolute atomic E-state index is 12.5. The van der Waals surface area contributed by atoms with Crippen LogP contribution in [0.1, 0.15) is 27.4 Å². The quantitative estimate of drug-likeness (QED) is 0.459. The number of piperazine rings is 1. The maximum Gasteiger partial charge on any atom is 0.276 e. The minimum absolute atomic E-state index is 0.180. The van der Waals surface area contributed by atoms with Gasteiger partial charge in [0.25, 0.3) is 5.91 Å². The van der Waals surface area contributed by atoms with E-state index in [2.05, 4.69) is 67.7 Å². The van der Waals surface area contributed by atoms with Crippen LogP contribution in [0.4, 0.5) is 11.4 Å². The lowest BCUT2D eigenvalue weighted by Gasteiger charge is -2.36. The number of anilines is 2. The van der Waals surface area contributed by atoms with Gasteiger partial charge in [-0.3, -0.25) is 19.4 Å². The number of benzene rings is 2. The molecule has 180 valence electrons.